The Morgan fingerprint density at radius 2 is 2.04 bits per heavy atom. The summed E-state index contributed by atoms with van der Waals surface area (Å²) in [7, 11) is 1.68. The first-order valence-corrected chi connectivity index (χ1v) is 9.22. The minimum atomic E-state index is -0.814. The van der Waals surface area contributed by atoms with Crippen molar-refractivity contribution in [3.63, 3.8) is 0 Å². The Bertz CT molecular complexity index is 651. The lowest BCUT2D eigenvalue weighted by Crippen LogP contribution is -2.48. The molecule has 0 radical (unpaired) electrons. The van der Waals surface area contributed by atoms with E-state index in [1.54, 1.807) is 12.0 Å². The number of methoxy groups -OCH3 is 1. The third-order valence-electron chi connectivity index (χ3n) is 5.31. The standard InChI is InChI=1S/C19H27N3O4/c1-26-17-7-3-2-6-16(17)21-10-8-14(12-21)11-20-19(25)22-9-4-5-15(13-22)18(23)24/h2-3,6-7,14-15H,4-5,8-13H2,1H3,(H,20,25)(H,23,24). The Balaban J connectivity index is 1.48. The molecule has 2 fully saturated rings. The topological polar surface area (TPSA) is 82.1 Å². The lowest BCUT2D eigenvalue weighted by Gasteiger charge is -2.31. The van der Waals surface area contributed by atoms with E-state index < -0.39 is 11.9 Å². The van der Waals surface area contributed by atoms with Crippen LogP contribution in [0.1, 0.15) is 19.3 Å². The summed E-state index contributed by atoms with van der Waals surface area (Å²) >= 11 is 0. The highest BCUT2D eigenvalue weighted by molar-refractivity contribution is 5.76. The van der Waals surface area contributed by atoms with E-state index in [4.69, 9.17) is 9.84 Å². The van der Waals surface area contributed by atoms with Gasteiger partial charge in [-0.25, -0.2) is 4.79 Å². The molecular weight excluding hydrogens is 334 g/mol. The van der Waals surface area contributed by atoms with E-state index in [0.717, 1.165) is 37.4 Å². The summed E-state index contributed by atoms with van der Waals surface area (Å²) in [6.07, 6.45) is 2.40. The molecule has 0 aliphatic carbocycles. The van der Waals surface area contributed by atoms with E-state index in [1.807, 2.05) is 18.2 Å². The van der Waals surface area contributed by atoms with Gasteiger partial charge in [-0.1, -0.05) is 12.1 Å². The molecule has 2 aliphatic heterocycles. The van der Waals surface area contributed by atoms with Gasteiger partial charge >= 0.3 is 12.0 Å². The zero-order valence-corrected chi connectivity index (χ0v) is 15.2. The van der Waals surface area contributed by atoms with Crippen LogP contribution in [-0.4, -0.2) is 61.8 Å². The highest BCUT2D eigenvalue weighted by Gasteiger charge is 2.29. The summed E-state index contributed by atoms with van der Waals surface area (Å²) in [4.78, 5) is 27.4. The molecule has 2 N–H and O–H groups in total. The van der Waals surface area contributed by atoms with Gasteiger partial charge in [0.25, 0.3) is 0 Å². The lowest BCUT2D eigenvalue weighted by atomic mass is 9.99. The number of carbonyl (C=O) groups is 2. The van der Waals surface area contributed by atoms with Crippen LogP contribution in [0.2, 0.25) is 0 Å². The number of hydrogen-bond donors (Lipinski definition) is 2. The summed E-state index contributed by atoms with van der Waals surface area (Å²) < 4.78 is 5.43. The monoisotopic (exact) mass is 361 g/mol. The molecule has 3 rings (SSSR count). The molecule has 1 aromatic rings. The number of carboxylic acid groups (broad SMARTS) is 1. The molecule has 2 unspecified atom stereocenters. The second kappa shape index (κ2) is 8.29. The zero-order valence-electron chi connectivity index (χ0n) is 15.2. The van der Waals surface area contributed by atoms with Crippen molar-refractivity contribution in [2.45, 2.75) is 19.3 Å². The maximum absolute atomic E-state index is 12.4. The number of likely N-dealkylation sites (tertiary alicyclic amines) is 1. The number of aliphatic carboxylic acids is 1. The second-order valence-electron chi connectivity index (χ2n) is 7.08. The van der Waals surface area contributed by atoms with Crippen LogP contribution in [0.25, 0.3) is 0 Å². The number of ether oxygens (including phenoxy) is 1. The number of para-hydroxylation sites is 2. The number of rotatable bonds is 5. The Hall–Kier alpha value is -2.44. The fourth-order valence-electron chi connectivity index (χ4n) is 3.82. The molecule has 7 nitrogen and oxygen atoms in total. The first-order chi connectivity index (χ1) is 12.6. The number of anilines is 1. The van der Waals surface area contributed by atoms with Crippen molar-refractivity contribution in [1.82, 2.24) is 10.2 Å². The predicted molar refractivity (Wildman–Crippen MR) is 98.6 cm³/mol. The van der Waals surface area contributed by atoms with Crippen LogP contribution >= 0.6 is 0 Å². The molecule has 0 bridgehead atoms. The van der Waals surface area contributed by atoms with Crippen LogP contribution in [0.3, 0.4) is 0 Å². The molecule has 2 amide bonds. The number of piperidine rings is 1. The molecule has 0 saturated carbocycles. The van der Waals surface area contributed by atoms with Crippen LogP contribution in [0.5, 0.6) is 5.75 Å². The van der Waals surface area contributed by atoms with E-state index in [-0.39, 0.29) is 6.03 Å². The number of hydrogen-bond acceptors (Lipinski definition) is 4. The Kier molecular flexibility index (Phi) is 5.85. The maximum Gasteiger partial charge on any atom is 0.317 e. The quantitative estimate of drug-likeness (QED) is 0.839. The molecule has 2 saturated heterocycles. The molecule has 2 heterocycles. The van der Waals surface area contributed by atoms with Gasteiger partial charge in [0.15, 0.2) is 0 Å². The summed E-state index contributed by atoms with van der Waals surface area (Å²) in [5.41, 5.74) is 1.09. The number of carboxylic acids is 1. The van der Waals surface area contributed by atoms with Gasteiger partial charge in [-0.15, -0.1) is 0 Å². The van der Waals surface area contributed by atoms with Gasteiger partial charge in [-0.3, -0.25) is 4.79 Å². The molecular formula is C19H27N3O4. The van der Waals surface area contributed by atoms with Crippen LogP contribution in [0.15, 0.2) is 24.3 Å². The number of amides is 2. The minimum absolute atomic E-state index is 0.147. The fourth-order valence-corrected chi connectivity index (χ4v) is 3.82. The van der Waals surface area contributed by atoms with Crippen molar-refractivity contribution in [2.24, 2.45) is 11.8 Å². The Morgan fingerprint density at radius 1 is 1.23 bits per heavy atom. The SMILES string of the molecule is COc1ccccc1N1CCC(CNC(=O)N2CCCC(C(=O)O)C2)C1. The van der Waals surface area contributed by atoms with Crippen molar-refractivity contribution in [3.05, 3.63) is 24.3 Å². The first-order valence-electron chi connectivity index (χ1n) is 9.22. The maximum atomic E-state index is 12.4. The molecule has 2 atom stereocenters. The summed E-state index contributed by atoms with van der Waals surface area (Å²) in [6, 6.07) is 7.83. The summed E-state index contributed by atoms with van der Waals surface area (Å²) in [5, 5.41) is 12.1. The highest BCUT2D eigenvalue weighted by atomic mass is 16.5. The van der Waals surface area contributed by atoms with E-state index in [1.165, 1.54) is 0 Å². The number of urea groups is 1. The average Bonchev–Trinajstić information content (AvgIpc) is 3.15. The van der Waals surface area contributed by atoms with Crippen LogP contribution < -0.4 is 15.0 Å². The van der Waals surface area contributed by atoms with Crippen molar-refractivity contribution in [3.8, 4) is 5.75 Å². The third-order valence-corrected chi connectivity index (χ3v) is 5.31. The van der Waals surface area contributed by atoms with Gasteiger partial charge in [-0.2, -0.15) is 0 Å². The molecule has 0 aromatic heterocycles. The van der Waals surface area contributed by atoms with E-state index >= 15 is 0 Å². The zero-order chi connectivity index (χ0) is 18.5. The highest BCUT2D eigenvalue weighted by Crippen LogP contribution is 2.31. The normalized spacial score (nSPS) is 23.0. The van der Waals surface area contributed by atoms with Crippen molar-refractivity contribution in [2.75, 3.05) is 44.7 Å². The smallest absolute Gasteiger partial charge is 0.317 e. The number of nitrogens with zero attached hydrogens (tertiary/aromatic N) is 2. The molecule has 2 aliphatic rings. The van der Waals surface area contributed by atoms with Gasteiger partial charge in [-0.05, 0) is 37.3 Å². The van der Waals surface area contributed by atoms with Gasteiger partial charge in [0.05, 0.1) is 18.7 Å². The van der Waals surface area contributed by atoms with Crippen LogP contribution in [0.4, 0.5) is 10.5 Å². The van der Waals surface area contributed by atoms with Crippen LogP contribution in [-0.2, 0) is 4.79 Å². The van der Waals surface area contributed by atoms with Crippen molar-refractivity contribution >= 4 is 17.7 Å². The van der Waals surface area contributed by atoms with E-state index in [9.17, 15) is 9.59 Å². The van der Waals surface area contributed by atoms with Crippen molar-refractivity contribution < 1.29 is 19.4 Å². The molecule has 7 heteroatoms. The molecule has 1 aromatic carbocycles. The Labute approximate surface area is 153 Å². The van der Waals surface area contributed by atoms with Gasteiger partial charge in [0.2, 0.25) is 0 Å². The van der Waals surface area contributed by atoms with Crippen molar-refractivity contribution in [1.29, 1.82) is 0 Å². The van der Waals surface area contributed by atoms with E-state index in [0.29, 0.717) is 32.0 Å². The van der Waals surface area contributed by atoms with Gasteiger partial charge < -0.3 is 25.0 Å². The summed E-state index contributed by atoms with van der Waals surface area (Å²) in [5.74, 6) is -0.0121. The number of carbonyl (C=O) groups excluding carboxylic acids is 1. The first kappa shape index (κ1) is 18.4. The predicted octanol–water partition coefficient (Wildman–Crippen LogP) is 2.03. The summed E-state index contributed by atoms with van der Waals surface area (Å²) in [6.45, 7) is 3.36. The lowest BCUT2D eigenvalue weighted by molar-refractivity contribution is -0.143. The van der Waals surface area contributed by atoms with Crippen LogP contribution in [0, 0.1) is 11.8 Å². The Morgan fingerprint density at radius 3 is 2.81 bits per heavy atom. The van der Waals surface area contributed by atoms with Gasteiger partial charge in [0.1, 0.15) is 5.75 Å². The average molecular weight is 361 g/mol. The second-order valence-corrected chi connectivity index (χ2v) is 7.08. The fraction of sp³-hybridized carbons (Fsp3) is 0.579. The minimum Gasteiger partial charge on any atom is -0.495 e. The van der Waals surface area contributed by atoms with E-state index in [2.05, 4.69) is 16.3 Å². The molecule has 0 spiro atoms. The van der Waals surface area contributed by atoms with Gasteiger partial charge in [0, 0.05) is 32.7 Å². The largest absolute Gasteiger partial charge is 0.495 e. The molecule has 26 heavy (non-hydrogen) atoms. The number of benzene rings is 1. The molecule has 142 valence electrons. The third kappa shape index (κ3) is 4.20. The number of nitrogens with one attached hydrogen (secondary N) is 1.